The van der Waals surface area contributed by atoms with Crippen molar-refractivity contribution in [2.45, 2.75) is 31.7 Å². The molecule has 1 rings (SSSR count). The highest BCUT2D eigenvalue weighted by molar-refractivity contribution is 4.73. The lowest BCUT2D eigenvalue weighted by molar-refractivity contribution is -0.247. The number of aliphatic hydroxyl groups excluding tert-OH is 1. The van der Waals surface area contributed by atoms with Gasteiger partial charge in [0.2, 0.25) is 0 Å². The van der Waals surface area contributed by atoms with Crippen molar-refractivity contribution in [3.05, 3.63) is 0 Å². The topological polar surface area (TPSA) is 38.7 Å². The Balaban J connectivity index is 2.45. The van der Waals surface area contributed by atoms with Gasteiger partial charge in [0.05, 0.1) is 12.7 Å². The highest BCUT2D eigenvalue weighted by Crippen LogP contribution is 2.24. The van der Waals surface area contributed by atoms with E-state index in [1.54, 1.807) is 7.11 Å². The fourth-order valence-corrected chi connectivity index (χ4v) is 1.14. The predicted molar refractivity (Wildman–Crippen MR) is 36.6 cm³/mol. The molecular weight excluding hydrogens is 132 g/mol. The lowest BCUT2D eigenvalue weighted by Gasteiger charge is -2.34. The van der Waals surface area contributed by atoms with Gasteiger partial charge in [0.1, 0.15) is 0 Å². The molecule has 1 N–H and O–H groups in total. The van der Waals surface area contributed by atoms with Gasteiger partial charge in [-0.25, -0.2) is 0 Å². The summed E-state index contributed by atoms with van der Waals surface area (Å²) in [5.41, 5.74) is 0. The third-order valence-electron chi connectivity index (χ3n) is 1.90. The second kappa shape index (κ2) is 2.86. The molecule has 0 amide bonds. The number of ether oxygens (including phenoxy) is 2. The van der Waals surface area contributed by atoms with Crippen molar-refractivity contribution in [2.24, 2.45) is 0 Å². The SMILES string of the molecule is COC1(C)CC(O)CCO1. The van der Waals surface area contributed by atoms with Crippen LogP contribution < -0.4 is 0 Å². The van der Waals surface area contributed by atoms with E-state index in [1.165, 1.54) is 0 Å². The first kappa shape index (κ1) is 7.98. The zero-order valence-electron chi connectivity index (χ0n) is 6.46. The molecular formula is C7H14O3. The molecule has 1 fully saturated rings. The average Bonchev–Trinajstić information content (AvgIpc) is 1.88. The number of aliphatic hydroxyl groups is 1. The molecule has 0 aromatic rings. The van der Waals surface area contributed by atoms with Crippen LogP contribution in [0.5, 0.6) is 0 Å². The molecule has 2 unspecified atom stereocenters. The molecule has 10 heavy (non-hydrogen) atoms. The van der Waals surface area contributed by atoms with E-state index in [9.17, 15) is 5.11 Å². The summed E-state index contributed by atoms with van der Waals surface area (Å²) in [5, 5.41) is 9.22. The molecule has 1 heterocycles. The normalized spacial score (nSPS) is 41.7. The molecule has 0 radical (unpaired) electrons. The van der Waals surface area contributed by atoms with Crippen molar-refractivity contribution in [3.63, 3.8) is 0 Å². The molecule has 0 aromatic heterocycles. The first-order valence-electron chi connectivity index (χ1n) is 3.53. The van der Waals surface area contributed by atoms with Crippen LogP contribution in [0.4, 0.5) is 0 Å². The molecule has 0 spiro atoms. The summed E-state index contributed by atoms with van der Waals surface area (Å²) in [7, 11) is 1.60. The molecule has 1 aliphatic rings. The van der Waals surface area contributed by atoms with E-state index in [4.69, 9.17) is 9.47 Å². The largest absolute Gasteiger partial charge is 0.393 e. The summed E-state index contributed by atoms with van der Waals surface area (Å²) in [6.07, 6.45) is 1.03. The lowest BCUT2D eigenvalue weighted by Crippen LogP contribution is -2.40. The first-order chi connectivity index (χ1) is 4.66. The number of rotatable bonds is 1. The molecule has 1 aliphatic heterocycles. The van der Waals surface area contributed by atoms with Crippen LogP contribution in [0.1, 0.15) is 19.8 Å². The Morgan fingerprint density at radius 1 is 1.70 bits per heavy atom. The van der Waals surface area contributed by atoms with Crippen molar-refractivity contribution < 1.29 is 14.6 Å². The first-order valence-corrected chi connectivity index (χ1v) is 3.53. The van der Waals surface area contributed by atoms with Crippen molar-refractivity contribution in [2.75, 3.05) is 13.7 Å². The van der Waals surface area contributed by atoms with E-state index in [0.29, 0.717) is 13.0 Å². The fourth-order valence-electron chi connectivity index (χ4n) is 1.14. The number of hydrogen-bond acceptors (Lipinski definition) is 3. The third kappa shape index (κ3) is 1.68. The average molecular weight is 146 g/mol. The van der Waals surface area contributed by atoms with E-state index in [-0.39, 0.29) is 6.10 Å². The summed E-state index contributed by atoms with van der Waals surface area (Å²) in [4.78, 5) is 0. The Kier molecular flexibility index (Phi) is 2.28. The smallest absolute Gasteiger partial charge is 0.167 e. The fraction of sp³-hybridized carbons (Fsp3) is 1.00. The minimum absolute atomic E-state index is 0.265. The molecule has 2 atom stereocenters. The number of hydrogen-bond donors (Lipinski definition) is 1. The van der Waals surface area contributed by atoms with Crippen LogP contribution in [0.15, 0.2) is 0 Å². The Hall–Kier alpha value is -0.120. The standard InChI is InChI=1S/C7H14O3/c1-7(9-2)5-6(8)3-4-10-7/h6,8H,3-5H2,1-2H3. The van der Waals surface area contributed by atoms with Crippen molar-refractivity contribution in [1.82, 2.24) is 0 Å². The van der Waals surface area contributed by atoms with Crippen LogP contribution in [0, 0.1) is 0 Å². The summed E-state index contributed by atoms with van der Waals surface area (Å²) in [5.74, 6) is -0.558. The lowest BCUT2D eigenvalue weighted by atomic mass is 10.0. The Morgan fingerprint density at radius 3 is 2.80 bits per heavy atom. The van der Waals surface area contributed by atoms with E-state index in [1.807, 2.05) is 6.92 Å². The van der Waals surface area contributed by atoms with E-state index >= 15 is 0 Å². The molecule has 0 saturated carbocycles. The Bertz CT molecular complexity index is 115. The van der Waals surface area contributed by atoms with Crippen LogP contribution >= 0.6 is 0 Å². The van der Waals surface area contributed by atoms with Gasteiger partial charge >= 0.3 is 0 Å². The van der Waals surface area contributed by atoms with E-state index in [2.05, 4.69) is 0 Å². The summed E-state index contributed by atoms with van der Waals surface area (Å²) in [6.45, 7) is 2.43. The second-order valence-corrected chi connectivity index (χ2v) is 2.83. The maximum absolute atomic E-state index is 9.22. The van der Waals surface area contributed by atoms with Gasteiger partial charge in [-0.15, -0.1) is 0 Å². The van der Waals surface area contributed by atoms with E-state index in [0.717, 1.165) is 6.42 Å². The van der Waals surface area contributed by atoms with Crippen molar-refractivity contribution in [3.8, 4) is 0 Å². The maximum atomic E-state index is 9.22. The van der Waals surface area contributed by atoms with Gasteiger partial charge in [-0.05, 0) is 13.3 Å². The van der Waals surface area contributed by atoms with Crippen LogP contribution in [0.25, 0.3) is 0 Å². The molecule has 3 heteroatoms. The quantitative estimate of drug-likeness (QED) is 0.586. The van der Waals surface area contributed by atoms with Crippen molar-refractivity contribution >= 4 is 0 Å². The van der Waals surface area contributed by atoms with Gasteiger partial charge in [-0.3, -0.25) is 0 Å². The Morgan fingerprint density at radius 2 is 2.40 bits per heavy atom. The van der Waals surface area contributed by atoms with E-state index < -0.39 is 5.79 Å². The Labute approximate surface area is 60.9 Å². The van der Waals surface area contributed by atoms with Gasteiger partial charge in [0.15, 0.2) is 5.79 Å². The molecule has 0 bridgehead atoms. The van der Waals surface area contributed by atoms with Gasteiger partial charge in [-0.2, -0.15) is 0 Å². The van der Waals surface area contributed by atoms with Gasteiger partial charge in [0.25, 0.3) is 0 Å². The summed E-state index contributed by atoms with van der Waals surface area (Å²) >= 11 is 0. The van der Waals surface area contributed by atoms with Crippen LogP contribution in [0.3, 0.4) is 0 Å². The summed E-state index contributed by atoms with van der Waals surface area (Å²) < 4.78 is 10.4. The van der Waals surface area contributed by atoms with Crippen LogP contribution in [0.2, 0.25) is 0 Å². The van der Waals surface area contributed by atoms with Gasteiger partial charge in [0, 0.05) is 13.5 Å². The van der Waals surface area contributed by atoms with Crippen molar-refractivity contribution in [1.29, 1.82) is 0 Å². The molecule has 3 nitrogen and oxygen atoms in total. The summed E-state index contributed by atoms with van der Waals surface area (Å²) in [6, 6.07) is 0. The minimum atomic E-state index is -0.558. The minimum Gasteiger partial charge on any atom is -0.393 e. The molecule has 0 aliphatic carbocycles. The molecule has 60 valence electrons. The van der Waals surface area contributed by atoms with Gasteiger partial charge in [-0.1, -0.05) is 0 Å². The highest BCUT2D eigenvalue weighted by atomic mass is 16.7. The number of methoxy groups -OCH3 is 1. The third-order valence-corrected chi connectivity index (χ3v) is 1.90. The molecule has 0 aromatic carbocycles. The second-order valence-electron chi connectivity index (χ2n) is 2.83. The monoisotopic (exact) mass is 146 g/mol. The predicted octanol–water partition coefficient (Wildman–Crippen LogP) is 0.520. The zero-order valence-corrected chi connectivity index (χ0v) is 6.46. The van der Waals surface area contributed by atoms with Gasteiger partial charge < -0.3 is 14.6 Å². The van der Waals surface area contributed by atoms with Crippen LogP contribution in [-0.4, -0.2) is 30.7 Å². The molecule has 1 saturated heterocycles. The highest BCUT2D eigenvalue weighted by Gasteiger charge is 2.31. The zero-order chi connectivity index (χ0) is 7.61. The maximum Gasteiger partial charge on any atom is 0.167 e. The van der Waals surface area contributed by atoms with Crippen LogP contribution in [-0.2, 0) is 9.47 Å².